The van der Waals surface area contributed by atoms with E-state index < -0.39 is 0 Å². The van der Waals surface area contributed by atoms with Crippen molar-refractivity contribution in [3.63, 3.8) is 0 Å². The van der Waals surface area contributed by atoms with Gasteiger partial charge in [0.15, 0.2) is 0 Å². The lowest BCUT2D eigenvalue weighted by Gasteiger charge is -2.34. The summed E-state index contributed by atoms with van der Waals surface area (Å²) in [6, 6.07) is 1.22. The first-order valence-electron chi connectivity index (χ1n) is 6.73. The summed E-state index contributed by atoms with van der Waals surface area (Å²) in [5.41, 5.74) is 5.76. The second-order valence-corrected chi connectivity index (χ2v) is 5.80. The SMILES string of the molecule is CC1CCC(CCNC2CC(N)C2)CC1. The van der Waals surface area contributed by atoms with Crippen LogP contribution in [0.15, 0.2) is 0 Å². The molecule has 0 bridgehead atoms. The largest absolute Gasteiger partial charge is 0.328 e. The van der Waals surface area contributed by atoms with Crippen LogP contribution in [0.2, 0.25) is 0 Å². The van der Waals surface area contributed by atoms with Crippen molar-refractivity contribution in [2.75, 3.05) is 6.54 Å². The van der Waals surface area contributed by atoms with Crippen LogP contribution in [0, 0.1) is 11.8 Å². The molecule has 0 heterocycles. The quantitative estimate of drug-likeness (QED) is 0.747. The second-order valence-electron chi connectivity index (χ2n) is 5.80. The molecule has 0 saturated heterocycles. The Morgan fingerprint density at radius 2 is 1.80 bits per heavy atom. The number of rotatable bonds is 4. The fourth-order valence-corrected chi connectivity index (χ4v) is 2.94. The first-order valence-corrected chi connectivity index (χ1v) is 6.73. The Morgan fingerprint density at radius 3 is 2.40 bits per heavy atom. The Morgan fingerprint density at radius 1 is 1.13 bits per heavy atom. The minimum absolute atomic E-state index is 0.484. The van der Waals surface area contributed by atoms with Crippen LogP contribution in [0.3, 0.4) is 0 Å². The molecular weight excluding hydrogens is 184 g/mol. The molecule has 0 amide bonds. The highest BCUT2D eigenvalue weighted by Crippen LogP contribution is 2.30. The zero-order chi connectivity index (χ0) is 10.7. The molecular formula is C13H26N2. The monoisotopic (exact) mass is 210 g/mol. The van der Waals surface area contributed by atoms with Gasteiger partial charge in [-0.2, -0.15) is 0 Å². The maximum atomic E-state index is 5.76. The molecule has 2 saturated carbocycles. The Kier molecular flexibility index (Phi) is 4.04. The second kappa shape index (κ2) is 5.31. The predicted octanol–water partition coefficient (Wildman–Crippen LogP) is 2.28. The summed E-state index contributed by atoms with van der Waals surface area (Å²) in [5, 5.41) is 3.63. The van der Waals surface area contributed by atoms with Gasteiger partial charge in [-0.15, -0.1) is 0 Å². The van der Waals surface area contributed by atoms with E-state index in [1.807, 2.05) is 0 Å². The molecule has 88 valence electrons. The average molecular weight is 210 g/mol. The van der Waals surface area contributed by atoms with E-state index in [-0.39, 0.29) is 0 Å². The normalized spacial score (nSPS) is 41.2. The lowest BCUT2D eigenvalue weighted by Crippen LogP contribution is -2.48. The van der Waals surface area contributed by atoms with Gasteiger partial charge in [0.2, 0.25) is 0 Å². The fourth-order valence-electron chi connectivity index (χ4n) is 2.94. The molecule has 0 atom stereocenters. The lowest BCUT2D eigenvalue weighted by molar-refractivity contribution is 0.251. The van der Waals surface area contributed by atoms with Crippen molar-refractivity contribution in [3.05, 3.63) is 0 Å². The fraction of sp³-hybridized carbons (Fsp3) is 1.00. The molecule has 0 unspecified atom stereocenters. The highest BCUT2D eigenvalue weighted by Gasteiger charge is 2.25. The van der Waals surface area contributed by atoms with Gasteiger partial charge in [-0.3, -0.25) is 0 Å². The Bertz CT molecular complexity index is 179. The summed E-state index contributed by atoms with van der Waals surface area (Å²) < 4.78 is 0. The van der Waals surface area contributed by atoms with E-state index in [0.717, 1.165) is 17.9 Å². The molecule has 0 aliphatic heterocycles. The van der Waals surface area contributed by atoms with Gasteiger partial charge >= 0.3 is 0 Å². The summed E-state index contributed by atoms with van der Waals surface area (Å²) in [6.07, 6.45) is 9.62. The molecule has 0 aromatic carbocycles. The summed E-state index contributed by atoms with van der Waals surface area (Å²) in [6.45, 7) is 3.61. The van der Waals surface area contributed by atoms with Gasteiger partial charge in [-0.25, -0.2) is 0 Å². The average Bonchev–Trinajstić information content (AvgIpc) is 2.18. The molecule has 2 aliphatic carbocycles. The molecule has 3 N–H and O–H groups in total. The van der Waals surface area contributed by atoms with E-state index in [2.05, 4.69) is 12.2 Å². The molecule has 0 radical (unpaired) electrons. The van der Waals surface area contributed by atoms with E-state index in [4.69, 9.17) is 5.73 Å². The molecule has 2 heteroatoms. The van der Waals surface area contributed by atoms with Gasteiger partial charge in [0.25, 0.3) is 0 Å². The van der Waals surface area contributed by atoms with E-state index in [9.17, 15) is 0 Å². The van der Waals surface area contributed by atoms with Crippen LogP contribution in [-0.2, 0) is 0 Å². The van der Waals surface area contributed by atoms with E-state index >= 15 is 0 Å². The standard InChI is InChI=1S/C13H26N2/c1-10-2-4-11(5-3-10)6-7-15-13-8-12(14)9-13/h10-13,15H,2-9,14H2,1H3. The summed E-state index contributed by atoms with van der Waals surface area (Å²) in [5.74, 6) is 1.99. The van der Waals surface area contributed by atoms with Crippen LogP contribution in [0.5, 0.6) is 0 Å². The molecule has 2 rings (SSSR count). The van der Waals surface area contributed by atoms with Crippen LogP contribution in [0.25, 0.3) is 0 Å². The van der Waals surface area contributed by atoms with Gasteiger partial charge in [0.1, 0.15) is 0 Å². The maximum absolute atomic E-state index is 5.76. The van der Waals surface area contributed by atoms with Crippen LogP contribution in [0.4, 0.5) is 0 Å². The predicted molar refractivity (Wildman–Crippen MR) is 64.7 cm³/mol. The topological polar surface area (TPSA) is 38.0 Å². The van der Waals surface area contributed by atoms with E-state index in [1.165, 1.54) is 51.5 Å². The summed E-state index contributed by atoms with van der Waals surface area (Å²) >= 11 is 0. The Hall–Kier alpha value is -0.0800. The van der Waals surface area contributed by atoms with Crippen molar-refractivity contribution in [2.45, 2.75) is 64.0 Å². The minimum atomic E-state index is 0.484. The van der Waals surface area contributed by atoms with Crippen molar-refractivity contribution >= 4 is 0 Å². The number of nitrogens with one attached hydrogen (secondary N) is 1. The van der Waals surface area contributed by atoms with Gasteiger partial charge in [0.05, 0.1) is 0 Å². The third kappa shape index (κ3) is 3.46. The third-order valence-electron chi connectivity index (χ3n) is 4.30. The van der Waals surface area contributed by atoms with Crippen molar-refractivity contribution < 1.29 is 0 Å². The molecule has 2 fully saturated rings. The highest BCUT2D eigenvalue weighted by atomic mass is 14.9. The van der Waals surface area contributed by atoms with Crippen LogP contribution >= 0.6 is 0 Å². The lowest BCUT2D eigenvalue weighted by atomic mass is 9.81. The number of nitrogens with two attached hydrogens (primary N) is 1. The molecule has 15 heavy (non-hydrogen) atoms. The first kappa shape index (κ1) is 11.4. The maximum Gasteiger partial charge on any atom is 0.00965 e. The molecule has 0 aromatic rings. The third-order valence-corrected chi connectivity index (χ3v) is 4.30. The number of hydrogen-bond donors (Lipinski definition) is 2. The van der Waals surface area contributed by atoms with Gasteiger partial charge < -0.3 is 11.1 Å². The molecule has 0 spiro atoms. The zero-order valence-corrected chi connectivity index (χ0v) is 10.0. The highest BCUT2D eigenvalue weighted by molar-refractivity contribution is 4.87. The van der Waals surface area contributed by atoms with Crippen molar-refractivity contribution in [3.8, 4) is 0 Å². The van der Waals surface area contributed by atoms with Crippen molar-refractivity contribution in [2.24, 2.45) is 17.6 Å². The minimum Gasteiger partial charge on any atom is -0.328 e. The smallest absolute Gasteiger partial charge is 0.00965 e. The molecule has 0 aromatic heterocycles. The van der Waals surface area contributed by atoms with Crippen LogP contribution in [0.1, 0.15) is 51.9 Å². The Labute approximate surface area is 94.0 Å². The van der Waals surface area contributed by atoms with E-state index in [0.29, 0.717) is 6.04 Å². The van der Waals surface area contributed by atoms with E-state index in [1.54, 1.807) is 0 Å². The summed E-state index contributed by atoms with van der Waals surface area (Å²) in [7, 11) is 0. The van der Waals surface area contributed by atoms with Gasteiger partial charge in [-0.05, 0) is 37.6 Å². The van der Waals surface area contributed by atoms with Crippen LogP contribution < -0.4 is 11.1 Å². The van der Waals surface area contributed by atoms with Crippen LogP contribution in [-0.4, -0.2) is 18.6 Å². The number of hydrogen-bond acceptors (Lipinski definition) is 2. The zero-order valence-electron chi connectivity index (χ0n) is 10.0. The van der Waals surface area contributed by atoms with Crippen molar-refractivity contribution in [1.29, 1.82) is 0 Å². The molecule has 2 aliphatic rings. The van der Waals surface area contributed by atoms with Gasteiger partial charge in [0, 0.05) is 12.1 Å². The Balaban J connectivity index is 1.51. The van der Waals surface area contributed by atoms with Crippen molar-refractivity contribution in [1.82, 2.24) is 5.32 Å². The molecule has 2 nitrogen and oxygen atoms in total. The van der Waals surface area contributed by atoms with Gasteiger partial charge in [-0.1, -0.05) is 32.6 Å². The summed E-state index contributed by atoms with van der Waals surface area (Å²) in [4.78, 5) is 0. The first-order chi connectivity index (χ1) is 7.24.